The number of benzene rings is 1. The van der Waals surface area contributed by atoms with Gasteiger partial charge in [0.2, 0.25) is 5.91 Å². The van der Waals surface area contributed by atoms with E-state index in [0.29, 0.717) is 17.9 Å². The van der Waals surface area contributed by atoms with E-state index >= 15 is 0 Å². The molecule has 6 nitrogen and oxygen atoms in total. The Hall–Kier alpha value is -2.21. The van der Waals surface area contributed by atoms with Crippen molar-refractivity contribution in [3.8, 4) is 0 Å². The summed E-state index contributed by atoms with van der Waals surface area (Å²) in [6.07, 6.45) is 3.14. The molecule has 1 aliphatic carbocycles. The van der Waals surface area contributed by atoms with E-state index < -0.39 is 4.92 Å². The van der Waals surface area contributed by atoms with Crippen LogP contribution in [0.4, 0.5) is 5.69 Å². The van der Waals surface area contributed by atoms with E-state index in [1.165, 1.54) is 18.2 Å². The number of nitrogens with one attached hydrogen (secondary N) is 2. The van der Waals surface area contributed by atoms with E-state index in [0.717, 1.165) is 18.7 Å². The zero-order chi connectivity index (χ0) is 14.1. The van der Waals surface area contributed by atoms with Gasteiger partial charge in [-0.25, -0.2) is 0 Å². The Morgan fingerprint density at radius 1 is 1.30 bits per heavy atom. The van der Waals surface area contributed by atoms with Crippen molar-refractivity contribution in [1.29, 1.82) is 0 Å². The molecule has 1 saturated carbocycles. The molecule has 0 bridgehead atoms. The Bertz CT molecular complexity index is 558. The van der Waals surface area contributed by atoms with Crippen molar-refractivity contribution in [3.63, 3.8) is 0 Å². The van der Waals surface area contributed by atoms with Crippen LogP contribution in [0, 0.1) is 22.0 Å². The summed E-state index contributed by atoms with van der Waals surface area (Å²) in [6, 6.07) is 6.41. The first-order valence-corrected chi connectivity index (χ1v) is 6.59. The predicted octanol–water partition coefficient (Wildman–Crippen LogP) is 0.942. The van der Waals surface area contributed by atoms with Gasteiger partial charge in [0, 0.05) is 37.3 Å². The summed E-state index contributed by atoms with van der Waals surface area (Å²) in [5, 5.41) is 16.8. The average Bonchev–Trinajstić information content (AvgIpc) is 2.88. The van der Waals surface area contributed by atoms with Gasteiger partial charge in [0.15, 0.2) is 0 Å². The summed E-state index contributed by atoms with van der Waals surface area (Å²) in [7, 11) is 0. The number of non-ortho nitro benzene ring substituents is 1. The highest BCUT2D eigenvalue weighted by Gasteiger charge is 2.53. The lowest BCUT2D eigenvalue weighted by atomic mass is 10.2. The molecular weight excluding hydrogens is 258 g/mol. The smallest absolute Gasteiger partial charge is 0.269 e. The highest BCUT2D eigenvalue weighted by atomic mass is 16.6. The van der Waals surface area contributed by atoms with Crippen molar-refractivity contribution in [2.24, 2.45) is 11.8 Å². The van der Waals surface area contributed by atoms with Gasteiger partial charge in [-0.3, -0.25) is 14.9 Å². The number of fused-ring (bicyclic) bond motifs is 1. The Morgan fingerprint density at radius 3 is 2.55 bits per heavy atom. The maximum atomic E-state index is 11.7. The van der Waals surface area contributed by atoms with Gasteiger partial charge < -0.3 is 10.6 Å². The van der Waals surface area contributed by atoms with Gasteiger partial charge in [-0.2, -0.15) is 0 Å². The van der Waals surface area contributed by atoms with Gasteiger partial charge in [0.1, 0.15) is 0 Å². The Balaban J connectivity index is 1.54. The molecule has 20 heavy (non-hydrogen) atoms. The SMILES string of the molecule is O=C(/C=C/c1ccc([N+](=O)[O-])cc1)NC1C2CNCC21. The molecule has 0 aromatic heterocycles. The minimum Gasteiger partial charge on any atom is -0.349 e. The molecule has 1 aliphatic heterocycles. The van der Waals surface area contributed by atoms with Gasteiger partial charge in [0.25, 0.3) is 5.69 Å². The number of hydrogen-bond acceptors (Lipinski definition) is 4. The van der Waals surface area contributed by atoms with Crippen LogP contribution in [0.1, 0.15) is 5.56 Å². The summed E-state index contributed by atoms with van der Waals surface area (Å²) >= 11 is 0. The third-order valence-electron chi connectivity index (χ3n) is 3.93. The number of carbonyl (C=O) groups is 1. The first-order valence-electron chi connectivity index (χ1n) is 6.59. The molecule has 2 aliphatic rings. The van der Waals surface area contributed by atoms with E-state index in [9.17, 15) is 14.9 Å². The molecule has 3 rings (SSSR count). The quantitative estimate of drug-likeness (QED) is 0.486. The van der Waals surface area contributed by atoms with Crippen molar-refractivity contribution >= 4 is 17.7 Å². The topological polar surface area (TPSA) is 84.3 Å². The summed E-state index contributed by atoms with van der Waals surface area (Å²) < 4.78 is 0. The first kappa shape index (κ1) is 12.8. The molecule has 0 spiro atoms. The third-order valence-corrected chi connectivity index (χ3v) is 3.93. The van der Waals surface area contributed by atoms with E-state index in [4.69, 9.17) is 0 Å². The third kappa shape index (κ3) is 2.55. The second-order valence-corrected chi connectivity index (χ2v) is 5.20. The van der Waals surface area contributed by atoms with Crippen molar-refractivity contribution in [2.75, 3.05) is 13.1 Å². The van der Waals surface area contributed by atoms with Gasteiger partial charge in [0.05, 0.1) is 4.92 Å². The van der Waals surface area contributed by atoms with Crippen molar-refractivity contribution < 1.29 is 9.72 Å². The van der Waals surface area contributed by atoms with Gasteiger partial charge in [-0.05, 0) is 35.6 Å². The molecule has 1 heterocycles. The zero-order valence-corrected chi connectivity index (χ0v) is 10.8. The number of piperidine rings is 1. The van der Waals surface area contributed by atoms with Crippen molar-refractivity contribution in [2.45, 2.75) is 6.04 Å². The van der Waals surface area contributed by atoms with Crippen LogP contribution in [0.3, 0.4) is 0 Å². The van der Waals surface area contributed by atoms with Gasteiger partial charge in [-0.15, -0.1) is 0 Å². The Kier molecular flexibility index (Phi) is 3.23. The second kappa shape index (κ2) is 5.05. The van der Waals surface area contributed by atoms with E-state index in [1.807, 2.05) is 0 Å². The Labute approximate surface area is 116 Å². The maximum absolute atomic E-state index is 11.7. The summed E-state index contributed by atoms with van der Waals surface area (Å²) in [5.74, 6) is 1.07. The zero-order valence-electron chi connectivity index (χ0n) is 10.8. The average molecular weight is 273 g/mol. The number of nitro benzene ring substituents is 1. The molecule has 1 aromatic rings. The summed E-state index contributed by atoms with van der Waals surface area (Å²) in [6.45, 7) is 1.98. The number of nitro groups is 1. The lowest BCUT2D eigenvalue weighted by Gasteiger charge is -2.04. The van der Waals surface area contributed by atoms with Crippen LogP contribution in [-0.2, 0) is 4.79 Å². The van der Waals surface area contributed by atoms with Crippen LogP contribution < -0.4 is 10.6 Å². The lowest BCUT2D eigenvalue weighted by Crippen LogP contribution is -2.31. The first-order chi connectivity index (χ1) is 9.65. The highest BCUT2D eigenvalue weighted by molar-refractivity contribution is 5.92. The molecule has 2 N–H and O–H groups in total. The van der Waals surface area contributed by atoms with Crippen molar-refractivity contribution in [1.82, 2.24) is 10.6 Å². The van der Waals surface area contributed by atoms with Gasteiger partial charge in [-0.1, -0.05) is 0 Å². The molecule has 6 heteroatoms. The fourth-order valence-electron chi connectivity index (χ4n) is 2.72. The van der Waals surface area contributed by atoms with E-state index in [-0.39, 0.29) is 11.6 Å². The van der Waals surface area contributed by atoms with Crippen LogP contribution >= 0.6 is 0 Å². The molecular formula is C14H15N3O3. The van der Waals surface area contributed by atoms with Crippen LogP contribution in [-0.4, -0.2) is 30.0 Å². The van der Waals surface area contributed by atoms with Crippen LogP contribution in [0.25, 0.3) is 6.08 Å². The number of nitrogens with zero attached hydrogens (tertiary/aromatic N) is 1. The molecule has 2 unspecified atom stereocenters. The van der Waals surface area contributed by atoms with E-state index in [1.54, 1.807) is 18.2 Å². The van der Waals surface area contributed by atoms with Crippen LogP contribution in [0.2, 0.25) is 0 Å². The number of rotatable bonds is 4. The standard InChI is InChI=1S/C14H15N3O3/c18-13(16-14-11-7-15-8-12(11)14)6-3-9-1-4-10(5-2-9)17(19)20/h1-6,11-12,14-15H,7-8H2,(H,16,18)/b6-3+. The summed E-state index contributed by atoms with van der Waals surface area (Å²) in [5.41, 5.74) is 0.813. The minimum atomic E-state index is -0.444. The molecule has 2 atom stereocenters. The maximum Gasteiger partial charge on any atom is 0.269 e. The van der Waals surface area contributed by atoms with Crippen LogP contribution in [0.15, 0.2) is 30.3 Å². The number of carbonyl (C=O) groups excluding carboxylic acids is 1. The molecule has 1 aromatic carbocycles. The Morgan fingerprint density at radius 2 is 1.95 bits per heavy atom. The van der Waals surface area contributed by atoms with Crippen LogP contribution in [0.5, 0.6) is 0 Å². The molecule has 1 saturated heterocycles. The number of hydrogen-bond donors (Lipinski definition) is 2. The minimum absolute atomic E-state index is 0.0462. The van der Waals surface area contributed by atoms with Crippen molar-refractivity contribution in [3.05, 3.63) is 46.0 Å². The predicted molar refractivity (Wildman–Crippen MR) is 73.9 cm³/mol. The molecule has 1 amide bonds. The fourth-order valence-corrected chi connectivity index (χ4v) is 2.72. The van der Waals surface area contributed by atoms with E-state index in [2.05, 4.69) is 10.6 Å². The normalized spacial score (nSPS) is 27.3. The highest BCUT2D eigenvalue weighted by Crippen LogP contribution is 2.41. The molecule has 0 radical (unpaired) electrons. The molecule has 104 valence electrons. The van der Waals surface area contributed by atoms with Gasteiger partial charge >= 0.3 is 0 Å². The molecule has 2 fully saturated rings. The fraction of sp³-hybridized carbons (Fsp3) is 0.357. The second-order valence-electron chi connectivity index (χ2n) is 5.20. The number of amides is 1. The largest absolute Gasteiger partial charge is 0.349 e. The summed E-state index contributed by atoms with van der Waals surface area (Å²) in [4.78, 5) is 21.8. The lowest BCUT2D eigenvalue weighted by molar-refractivity contribution is -0.384. The monoisotopic (exact) mass is 273 g/mol.